The fraction of sp³-hybridized carbons (Fsp3) is 0.346. The molecule has 9 nitrogen and oxygen atoms in total. The van der Waals surface area contributed by atoms with Gasteiger partial charge in [-0.05, 0) is 43.9 Å². The van der Waals surface area contributed by atoms with Gasteiger partial charge in [0.15, 0.2) is 11.5 Å². The molecule has 0 spiro atoms. The Morgan fingerprint density at radius 2 is 1.94 bits per heavy atom. The van der Waals surface area contributed by atoms with Crippen molar-refractivity contribution in [2.24, 2.45) is 5.73 Å². The number of nitrogens with two attached hydrogens (primary N) is 1. The molecule has 0 aliphatic carbocycles. The third kappa shape index (κ3) is 4.86. The zero-order valence-electron chi connectivity index (χ0n) is 20.5. The minimum absolute atomic E-state index is 0. The van der Waals surface area contributed by atoms with Gasteiger partial charge in [0.05, 0.1) is 16.8 Å². The summed E-state index contributed by atoms with van der Waals surface area (Å²) in [6, 6.07) is 5.72. The van der Waals surface area contributed by atoms with Gasteiger partial charge in [-0.25, -0.2) is 24.6 Å². The van der Waals surface area contributed by atoms with Crippen molar-refractivity contribution in [1.82, 2.24) is 14.5 Å². The van der Waals surface area contributed by atoms with Crippen LogP contribution in [0.1, 0.15) is 42.0 Å². The summed E-state index contributed by atoms with van der Waals surface area (Å²) in [4.78, 5) is 20.4. The van der Waals surface area contributed by atoms with Crippen molar-refractivity contribution in [3.05, 3.63) is 70.9 Å². The monoisotopic (exact) mass is 577 g/mol. The molecule has 1 aromatic carbocycles. The van der Waals surface area contributed by atoms with E-state index in [0.717, 1.165) is 40.7 Å². The molecular weight excluding hydrogens is 544 g/mol. The molecule has 3 aromatic rings. The van der Waals surface area contributed by atoms with Crippen molar-refractivity contribution in [3.63, 3.8) is 0 Å². The molecule has 0 unspecified atom stereocenters. The van der Waals surface area contributed by atoms with Gasteiger partial charge in [-0.3, -0.25) is 5.56 Å². The molecule has 4 heterocycles. The third-order valence-electron chi connectivity index (χ3n) is 6.48. The number of hydrogen-bond acceptors (Lipinski definition) is 8. The number of fused-ring (bicyclic) bond motifs is 5. The van der Waals surface area contributed by atoms with Crippen LogP contribution in [0.25, 0.3) is 22.3 Å². The van der Waals surface area contributed by atoms with Gasteiger partial charge in [-0.1, -0.05) is 13.3 Å². The molecule has 0 atom stereocenters. The molecule has 0 saturated carbocycles. The summed E-state index contributed by atoms with van der Waals surface area (Å²) in [6.45, 7) is 8.56. The number of aliphatic hydroxyl groups is 2. The van der Waals surface area contributed by atoms with E-state index in [9.17, 15) is 9.90 Å². The Morgan fingerprint density at radius 1 is 1.25 bits per heavy atom. The van der Waals surface area contributed by atoms with Crippen molar-refractivity contribution in [3.8, 4) is 22.9 Å². The second-order valence-electron chi connectivity index (χ2n) is 8.63. The molecule has 2 aromatic heterocycles. The van der Waals surface area contributed by atoms with Crippen LogP contribution in [0.3, 0.4) is 0 Å². The van der Waals surface area contributed by atoms with E-state index in [1.54, 1.807) is 4.57 Å². The van der Waals surface area contributed by atoms with Crippen LogP contribution in [-0.4, -0.2) is 51.6 Å². The Balaban J connectivity index is 0.00000117. The molecule has 4 N–H and O–H groups in total. The minimum atomic E-state index is -0.207. The Hall–Kier alpha value is -2.55. The number of aliphatic hydroxyl groups excluding tert-OH is 2. The first-order valence-electron chi connectivity index (χ1n) is 11.5. The molecule has 0 saturated heterocycles. The summed E-state index contributed by atoms with van der Waals surface area (Å²) in [7, 11) is 4.32. The normalized spacial score (nSPS) is 12.6. The van der Waals surface area contributed by atoms with Gasteiger partial charge in [0.25, 0.3) is 0 Å². The summed E-state index contributed by atoms with van der Waals surface area (Å²) in [5.41, 5.74) is 10.6. The third-order valence-corrected chi connectivity index (χ3v) is 6.48. The first-order chi connectivity index (χ1) is 16.9. The Labute approximate surface area is 225 Å². The second-order valence-corrected chi connectivity index (χ2v) is 8.63. The molecule has 1 radical (unpaired) electrons. The zero-order valence-corrected chi connectivity index (χ0v) is 22.5. The number of pyridine rings is 2. The second kappa shape index (κ2) is 11.7. The molecule has 191 valence electrons. The molecule has 36 heavy (non-hydrogen) atoms. The summed E-state index contributed by atoms with van der Waals surface area (Å²) in [6.07, 6.45) is 1.47. The summed E-state index contributed by atoms with van der Waals surface area (Å²) < 4.78 is 12.9. The van der Waals surface area contributed by atoms with Crippen molar-refractivity contribution in [1.29, 1.82) is 0 Å². The molecule has 0 amide bonds. The van der Waals surface area contributed by atoms with E-state index in [1.807, 2.05) is 25.1 Å². The maximum atomic E-state index is 13.2. The quantitative estimate of drug-likeness (QED) is 0.227. The van der Waals surface area contributed by atoms with E-state index in [1.165, 1.54) is 0 Å². The number of ether oxygens (including phenoxy) is 2. The Bertz CT molecular complexity index is 1310. The average Bonchev–Trinajstić information content (AvgIpc) is 3.48. The van der Waals surface area contributed by atoms with Crippen molar-refractivity contribution < 1.29 is 40.8 Å². The van der Waals surface area contributed by atoms with Crippen LogP contribution in [0.4, 0.5) is 0 Å². The smallest absolute Gasteiger partial charge is 0.569 e. The van der Waals surface area contributed by atoms with Crippen molar-refractivity contribution in [2.75, 3.05) is 26.9 Å². The first-order valence-corrected chi connectivity index (χ1v) is 11.5. The van der Waals surface area contributed by atoms with E-state index in [2.05, 4.69) is 26.0 Å². The minimum Gasteiger partial charge on any atom is -0.569 e. The maximum absolute atomic E-state index is 13.2. The van der Waals surface area contributed by atoms with Crippen LogP contribution < -0.4 is 20.8 Å². The average molecular weight is 575 g/mol. The fourth-order valence-electron chi connectivity index (χ4n) is 4.68. The van der Waals surface area contributed by atoms with Gasteiger partial charge in [-0.15, -0.1) is 6.10 Å². The molecule has 0 fully saturated rings. The Morgan fingerprint density at radius 3 is 2.61 bits per heavy atom. The van der Waals surface area contributed by atoms with Gasteiger partial charge in [0.1, 0.15) is 0 Å². The van der Waals surface area contributed by atoms with Crippen LogP contribution in [-0.2, 0) is 34.2 Å². The molecule has 0 bridgehead atoms. The van der Waals surface area contributed by atoms with E-state index >= 15 is 0 Å². The van der Waals surface area contributed by atoms with E-state index < -0.39 is 0 Å². The standard InChI is InChI=1S/C25H28N4O4.CH3O.Mo/c1-4-21(30)15-8-20-24-18(12-29(20)25(31)14(15)2)17(11-28(3)7-5-6-26)16-9-22-23(33-13-32-22)10-19(16)27-24;1-2;/h8-10,30H,2,4-7,11-13,26H2,1,3H3;2H,1H2;/q-2;-1;+3. The molecular formula is C26H31MoN4O5. The Kier molecular flexibility index (Phi) is 9.08. The van der Waals surface area contributed by atoms with Gasteiger partial charge in [0, 0.05) is 30.1 Å². The van der Waals surface area contributed by atoms with Crippen LogP contribution in [0.5, 0.6) is 11.5 Å². The molecule has 10 heteroatoms. The number of hydrogen-bond donors (Lipinski definition) is 3. The topological polar surface area (TPSA) is 123 Å². The molecule has 5 rings (SSSR count). The summed E-state index contributed by atoms with van der Waals surface area (Å²) in [5.74, 6) is 1.37. The van der Waals surface area contributed by atoms with Crippen LogP contribution in [0, 0.1) is 20.1 Å². The maximum Gasteiger partial charge on any atom is 3.00 e. The van der Waals surface area contributed by atoms with E-state index in [4.69, 9.17) is 25.3 Å². The summed E-state index contributed by atoms with van der Waals surface area (Å²) >= 11 is 0. The number of nitrogens with zero attached hydrogens (tertiary/aromatic N) is 3. The summed E-state index contributed by atoms with van der Waals surface area (Å²) in [5, 5.41) is 18.1. The van der Waals surface area contributed by atoms with Crippen LogP contribution in [0.15, 0.2) is 23.0 Å². The van der Waals surface area contributed by atoms with Gasteiger partial charge in [-0.2, -0.15) is 6.07 Å². The largest absolute Gasteiger partial charge is 3.00 e. The van der Waals surface area contributed by atoms with Gasteiger partial charge >= 0.3 is 21.1 Å². The van der Waals surface area contributed by atoms with Gasteiger partial charge in [0.2, 0.25) is 6.79 Å². The fourth-order valence-corrected chi connectivity index (χ4v) is 4.68. The zero-order chi connectivity index (χ0) is 25.3. The van der Waals surface area contributed by atoms with Crippen LogP contribution in [0.2, 0.25) is 0 Å². The molecule has 2 aliphatic rings. The van der Waals surface area contributed by atoms with Crippen LogP contribution >= 0.6 is 0 Å². The van der Waals surface area contributed by atoms with E-state index in [-0.39, 0.29) is 39.5 Å². The van der Waals surface area contributed by atoms with Crippen molar-refractivity contribution >= 4 is 10.9 Å². The SMILES string of the molecule is [CH2-]O.[CH2-]c1c([C-](O)CC)cc2n(c1=O)Cc1c-2nc2cc3c(cc2c1CN(C)CCCN)OCO3.[Mo+3]. The van der Waals surface area contributed by atoms with Gasteiger partial charge < -0.3 is 39.7 Å². The predicted octanol–water partition coefficient (Wildman–Crippen LogP) is 2.93. The molecule has 2 aliphatic heterocycles. The predicted molar refractivity (Wildman–Crippen MR) is 133 cm³/mol. The van der Waals surface area contributed by atoms with E-state index in [0.29, 0.717) is 54.4 Å². The van der Waals surface area contributed by atoms with Crippen molar-refractivity contribution in [2.45, 2.75) is 32.9 Å². The number of aromatic nitrogens is 2. The number of rotatable bonds is 7. The number of benzene rings is 1. The first kappa shape index (κ1) is 28.0.